The highest BCUT2D eigenvalue weighted by molar-refractivity contribution is 7.93. The van der Waals surface area contributed by atoms with Crippen molar-refractivity contribution < 1.29 is 30.9 Å². The summed E-state index contributed by atoms with van der Waals surface area (Å²) in [4.78, 5) is 13.3. The molecular formula is C13H17BrN2O2S. The van der Waals surface area contributed by atoms with Crippen LogP contribution in [0.4, 0.5) is 5.69 Å². The van der Waals surface area contributed by atoms with Crippen molar-refractivity contribution in [3.63, 3.8) is 0 Å². The second-order valence-electron chi connectivity index (χ2n) is 4.59. The second-order valence-corrected chi connectivity index (χ2v) is 5.62. The van der Waals surface area contributed by atoms with Crippen molar-refractivity contribution >= 4 is 29.6 Å². The molecule has 0 radical (unpaired) electrons. The molecule has 0 saturated carbocycles. The lowest BCUT2D eigenvalue weighted by atomic mass is 10.3. The Morgan fingerprint density at radius 2 is 2.00 bits per heavy atom. The van der Waals surface area contributed by atoms with E-state index >= 15 is 0 Å². The SMILES string of the molecule is CC(C)CS[N+]1=C(O)N(c2ccccc2)C(=O)C1.[Br-]. The first-order valence-corrected chi connectivity index (χ1v) is 6.88. The van der Waals surface area contributed by atoms with Crippen LogP contribution in [-0.2, 0) is 4.79 Å². The van der Waals surface area contributed by atoms with Crippen molar-refractivity contribution in [2.24, 2.45) is 5.92 Å². The Bertz CT molecular complexity index is 477. The number of hydrogen-bond acceptors (Lipinski definition) is 2. The Morgan fingerprint density at radius 3 is 2.58 bits per heavy atom. The number of amides is 1. The Labute approximate surface area is 128 Å². The number of rotatable bonds is 4. The van der Waals surface area contributed by atoms with Gasteiger partial charge in [-0.2, -0.15) is 3.98 Å². The number of anilines is 1. The fourth-order valence-electron chi connectivity index (χ4n) is 1.67. The highest BCUT2D eigenvalue weighted by Crippen LogP contribution is 2.21. The lowest BCUT2D eigenvalue weighted by Crippen LogP contribution is -3.00. The highest BCUT2D eigenvalue weighted by Gasteiger charge is 2.41. The van der Waals surface area contributed by atoms with Gasteiger partial charge in [-0.25, -0.2) is 4.79 Å². The Hall–Kier alpha value is -1.01. The van der Waals surface area contributed by atoms with Crippen LogP contribution in [0.15, 0.2) is 30.3 Å². The van der Waals surface area contributed by atoms with Gasteiger partial charge in [0.15, 0.2) is 0 Å². The number of nitrogens with zero attached hydrogens (tertiary/aromatic N) is 2. The van der Waals surface area contributed by atoms with E-state index in [1.807, 2.05) is 30.3 Å². The third-order valence-corrected chi connectivity index (χ3v) is 3.95. The van der Waals surface area contributed by atoms with Crippen LogP contribution >= 0.6 is 11.9 Å². The van der Waals surface area contributed by atoms with Gasteiger partial charge < -0.3 is 22.1 Å². The molecule has 1 aliphatic heterocycles. The van der Waals surface area contributed by atoms with Gasteiger partial charge in [-0.15, -0.1) is 4.90 Å². The van der Waals surface area contributed by atoms with Crippen LogP contribution in [0.1, 0.15) is 13.8 Å². The number of carbonyl (C=O) groups is 1. The van der Waals surface area contributed by atoms with E-state index in [4.69, 9.17) is 0 Å². The number of para-hydroxylation sites is 1. The minimum Gasteiger partial charge on any atom is -1.00 e. The number of carbonyl (C=O) groups excluding carboxylic acids is 1. The van der Waals surface area contributed by atoms with E-state index in [0.29, 0.717) is 11.6 Å². The molecule has 0 spiro atoms. The van der Waals surface area contributed by atoms with E-state index < -0.39 is 0 Å². The predicted molar refractivity (Wildman–Crippen MR) is 74.0 cm³/mol. The Morgan fingerprint density at radius 1 is 1.37 bits per heavy atom. The minimum atomic E-state index is -0.102. The largest absolute Gasteiger partial charge is 1.00 e. The van der Waals surface area contributed by atoms with Gasteiger partial charge >= 0.3 is 11.9 Å². The molecule has 1 aliphatic rings. The molecule has 1 N–H and O–H groups in total. The molecule has 1 aromatic rings. The van der Waals surface area contributed by atoms with Crippen molar-refractivity contribution in [3.05, 3.63) is 30.3 Å². The number of hydrogen-bond donors (Lipinski definition) is 1. The summed E-state index contributed by atoms with van der Waals surface area (Å²) in [5, 5.41) is 10.1. The van der Waals surface area contributed by atoms with E-state index in [1.54, 1.807) is 3.98 Å². The molecule has 0 unspecified atom stereocenters. The molecule has 1 heterocycles. The van der Waals surface area contributed by atoms with Crippen molar-refractivity contribution in [3.8, 4) is 0 Å². The molecule has 0 fully saturated rings. The number of halogens is 1. The van der Waals surface area contributed by atoms with Crippen molar-refractivity contribution in [2.75, 3.05) is 17.2 Å². The summed E-state index contributed by atoms with van der Waals surface area (Å²) in [5.74, 6) is 1.29. The zero-order valence-corrected chi connectivity index (χ0v) is 13.3. The highest BCUT2D eigenvalue weighted by atomic mass is 79.9. The number of aliphatic hydroxyl groups excluding tert-OH is 1. The molecular weight excluding hydrogens is 328 g/mol. The molecule has 0 aromatic heterocycles. The maximum atomic E-state index is 11.9. The number of aliphatic hydroxyl groups is 1. The fourth-order valence-corrected chi connectivity index (χ4v) is 2.54. The zero-order chi connectivity index (χ0) is 13.1. The first-order valence-electron chi connectivity index (χ1n) is 5.94. The lowest BCUT2D eigenvalue weighted by molar-refractivity contribution is -0.338. The van der Waals surface area contributed by atoms with Crippen molar-refractivity contribution in [2.45, 2.75) is 13.8 Å². The van der Waals surface area contributed by atoms with Gasteiger partial charge in [0.1, 0.15) is 5.69 Å². The molecule has 4 nitrogen and oxygen atoms in total. The molecule has 104 valence electrons. The summed E-state index contributed by atoms with van der Waals surface area (Å²) >= 11 is 1.49. The van der Waals surface area contributed by atoms with Gasteiger partial charge in [-0.05, 0) is 18.1 Å². The topological polar surface area (TPSA) is 43.6 Å². The monoisotopic (exact) mass is 344 g/mol. The van der Waals surface area contributed by atoms with Gasteiger partial charge in [0.2, 0.25) is 6.54 Å². The normalized spacial score (nSPS) is 15.1. The molecule has 0 saturated heterocycles. The minimum absolute atomic E-state index is 0. The third-order valence-electron chi connectivity index (χ3n) is 2.53. The number of benzene rings is 1. The van der Waals surface area contributed by atoms with Gasteiger partial charge in [-0.3, -0.25) is 0 Å². The first kappa shape index (κ1) is 16.0. The van der Waals surface area contributed by atoms with E-state index in [2.05, 4.69) is 13.8 Å². The average molecular weight is 345 g/mol. The summed E-state index contributed by atoms with van der Waals surface area (Å²) in [7, 11) is 0. The van der Waals surface area contributed by atoms with Gasteiger partial charge in [0.05, 0.1) is 11.9 Å². The molecule has 0 bridgehead atoms. The molecule has 2 rings (SSSR count). The molecule has 0 aliphatic carbocycles. The standard InChI is InChI=1S/C13H16N2O2S.BrH/c1-10(2)9-18-14-8-12(16)15(13(14)17)11-6-4-3-5-7-11;/h3-7,10H,8-9H2,1-2H3;1H. The van der Waals surface area contributed by atoms with Crippen LogP contribution in [0.3, 0.4) is 0 Å². The maximum absolute atomic E-state index is 11.9. The predicted octanol–water partition coefficient (Wildman–Crippen LogP) is -0.732. The van der Waals surface area contributed by atoms with Crippen LogP contribution in [0, 0.1) is 5.92 Å². The van der Waals surface area contributed by atoms with E-state index in [9.17, 15) is 9.90 Å². The quantitative estimate of drug-likeness (QED) is 0.578. The van der Waals surface area contributed by atoms with Gasteiger partial charge in [-0.1, -0.05) is 32.0 Å². The van der Waals surface area contributed by atoms with Crippen LogP contribution in [-0.4, -0.2) is 33.3 Å². The summed E-state index contributed by atoms with van der Waals surface area (Å²) in [6.45, 7) is 4.44. The molecule has 0 atom stereocenters. The van der Waals surface area contributed by atoms with Crippen LogP contribution < -0.4 is 21.9 Å². The maximum Gasteiger partial charge on any atom is 0.469 e. The first-order chi connectivity index (χ1) is 8.59. The van der Waals surface area contributed by atoms with Gasteiger partial charge in [0, 0.05) is 5.75 Å². The molecule has 1 aromatic carbocycles. The van der Waals surface area contributed by atoms with E-state index in [-0.39, 0.29) is 35.5 Å². The summed E-state index contributed by atoms with van der Waals surface area (Å²) < 4.78 is 1.65. The zero-order valence-electron chi connectivity index (χ0n) is 10.9. The molecule has 19 heavy (non-hydrogen) atoms. The Kier molecular flexibility index (Phi) is 5.87. The van der Waals surface area contributed by atoms with Crippen molar-refractivity contribution in [1.29, 1.82) is 0 Å². The molecule has 1 amide bonds. The van der Waals surface area contributed by atoms with Crippen LogP contribution in [0.25, 0.3) is 0 Å². The van der Waals surface area contributed by atoms with Crippen LogP contribution in [0.5, 0.6) is 0 Å². The molecule has 6 heteroatoms. The summed E-state index contributed by atoms with van der Waals surface area (Å²) in [6, 6.07) is 9.21. The average Bonchev–Trinajstić information content (AvgIpc) is 2.63. The van der Waals surface area contributed by atoms with E-state index in [0.717, 1.165) is 5.75 Å². The third kappa shape index (κ3) is 3.73. The fraction of sp³-hybridized carbons (Fsp3) is 0.385. The lowest BCUT2D eigenvalue weighted by Gasteiger charge is -2.05. The second kappa shape index (κ2) is 6.96. The summed E-state index contributed by atoms with van der Waals surface area (Å²) in [5.41, 5.74) is 0.702. The smallest absolute Gasteiger partial charge is 0.469 e. The van der Waals surface area contributed by atoms with E-state index in [1.165, 1.54) is 16.8 Å². The summed E-state index contributed by atoms with van der Waals surface area (Å²) in [6.07, 6.45) is 0. The van der Waals surface area contributed by atoms with Crippen LogP contribution in [0.2, 0.25) is 0 Å². The van der Waals surface area contributed by atoms with Gasteiger partial charge in [0.25, 0.3) is 0 Å². The Balaban J connectivity index is 0.00000180. The number of amidine groups is 1. The van der Waals surface area contributed by atoms with Crippen molar-refractivity contribution in [1.82, 2.24) is 0 Å².